The van der Waals surface area contributed by atoms with Crippen LogP contribution in [0.5, 0.6) is 0 Å². The van der Waals surface area contributed by atoms with Crippen LogP contribution in [-0.2, 0) is 6.42 Å². The second kappa shape index (κ2) is 6.43. The number of rotatable bonds is 6. The minimum atomic E-state index is 0.434. The topological polar surface area (TPSA) is 63.8 Å². The lowest BCUT2D eigenvalue weighted by Gasteiger charge is -2.13. The molecule has 0 fully saturated rings. The van der Waals surface area contributed by atoms with Crippen molar-refractivity contribution in [2.75, 3.05) is 5.43 Å². The molecule has 0 aliphatic heterocycles. The maximum atomic E-state index is 5.43. The van der Waals surface area contributed by atoms with Crippen LogP contribution in [0.1, 0.15) is 57.5 Å². The predicted octanol–water partition coefficient (Wildman–Crippen LogP) is 2.62. The molecule has 1 heterocycles. The number of nitrogens with one attached hydrogen (secondary N) is 1. The van der Waals surface area contributed by atoms with E-state index in [9.17, 15) is 0 Å². The van der Waals surface area contributed by atoms with Gasteiger partial charge in [0.15, 0.2) is 0 Å². The maximum Gasteiger partial charge on any atom is 0.143 e. The monoisotopic (exact) mass is 222 g/mol. The Morgan fingerprint density at radius 3 is 2.44 bits per heavy atom. The normalized spacial score (nSPS) is 10.8. The Labute approximate surface area is 97.7 Å². The molecule has 4 heteroatoms. The largest absolute Gasteiger partial charge is 0.308 e. The summed E-state index contributed by atoms with van der Waals surface area (Å²) in [6, 6.07) is 1.93. The fourth-order valence-electron chi connectivity index (χ4n) is 1.81. The zero-order valence-corrected chi connectivity index (χ0v) is 10.5. The quantitative estimate of drug-likeness (QED) is 0.573. The Morgan fingerprint density at radius 2 is 1.94 bits per heavy atom. The third kappa shape index (κ3) is 3.17. The summed E-state index contributed by atoms with van der Waals surface area (Å²) in [5, 5.41) is 0. The van der Waals surface area contributed by atoms with Crippen LogP contribution in [0, 0.1) is 0 Å². The van der Waals surface area contributed by atoms with Gasteiger partial charge in [-0.3, -0.25) is 0 Å². The lowest BCUT2D eigenvalue weighted by Crippen LogP contribution is -2.13. The molecule has 0 unspecified atom stereocenters. The average molecular weight is 222 g/mol. The zero-order valence-electron chi connectivity index (χ0n) is 10.5. The summed E-state index contributed by atoms with van der Waals surface area (Å²) in [6.07, 6.45) is 4.19. The van der Waals surface area contributed by atoms with Crippen molar-refractivity contribution in [2.45, 2.75) is 52.4 Å². The minimum Gasteiger partial charge on any atom is -0.308 e. The van der Waals surface area contributed by atoms with Gasteiger partial charge < -0.3 is 5.43 Å². The fourth-order valence-corrected chi connectivity index (χ4v) is 1.81. The van der Waals surface area contributed by atoms with Crippen LogP contribution in [0.15, 0.2) is 6.07 Å². The zero-order chi connectivity index (χ0) is 12.0. The van der Waals surface area contributed by atoms with Crippen LogP contribution in [0.2, 0.25) is 0 Å². The van der Waals surface area contributed by atoms with Gasteiger partial charge in [-0.25, -0.2) is 15.8 Å². The van der Waals surface area contributed by atoms with Crippen molar-refractivity contribution < 1.29 is 0 Å². The van der Waals surface area contributed by atoms with E-state index in [1.807, 2.05) is 6.07 Å². The Morgan fingerprint density at radius 1 is 1.25 bits per heavy atom. The fraction of sp³-hybridized carbons (Fsp3) is 0.667. The summed E-state index contributed by atoms with van der Waals surface area (Å²) < 4.78 is 0. The molecule has 0 atom stereocenters. The molecule has 0 spiro atoms. The van der Waals surface area contributed by atoms with Crippen molar-refractivity contribution >= 4 is 5.82 Å². The maximum absolute atomic E-state index is 5.43. The molecule has 4 nitrogen and oxygen atoms in total. The second-order valence-electron chi connectivity index (χ2n) is 4.01. The van der Waals surface area contributed by atoms with E-state index in [-0.39, 0.29) is 0 Å². The summed E-state index contributed by atoms with van der Waals surface area (Å²) in [7, 11) is 0. The number of aromatic nitrogens is 2. The van der Waals surface area contributed by atoms with Gasteiger partial charge in [0.2, 0.25) is 0 Å². The Hall–Kier alpha value is -1.16. The summed E-state index contributed by atoms with van der Waals surface area (Å²) in [4.78, 5) is 9.04. The molecule has 90 valence electrons. The highest BCUT2D eigenvalue weighted by Crippen LogP contribution is 2.21. The van der Waals surface area contributed by atoms with Crippen LogP contribution < -0.4 is 11.3 Å². The molecule has 3 N–H and O–H groups in total. The molecule has 1 rings (SSSR count). The first kappa shape index (κ1) is 12.9. The van der Waals surface area contributed by atoms with Crippen LogP contribution in [-0.4, -0.2) is 9.97 Å². The number of nitrogen functional groups attached to an aromatic ring is 1. The summed E-state index contributed by atoms with van der Waals surface area (Å²) in [5.74, 6) is 7.50. The van der Waals surface area contributed by atoms with E-state index in [2.05, 4.69) is 36.2 Å². The molecule has 0 saturated heterocycles. The van der Waals surface area contributed by atoms with Crippen molar-refractivity contribution in [1.29, 1.82) is 0 Å². The Kier molecular flexibility index (Phi) is 5.19. The number of anilines is 1. The van der Waals surface area contributed by atoms with E-state index in [1.165, 1.54) is 0 Å². The first-order chi connectivity index (χ1) is 7.74. The molecule has 0 radical (unpaired) electrons. The van der Waals surface area contributed by atoms with Crippen LogP contribution in [0.4, 0.5) is 5.82 Å². The number of hydrazine groups is 1. The van der Waals surface area contributed by atoms with Crippen molar-refractivity contribution in [3.8, 4) is 0 Å². The lowest BCUT2D eigenvalue weighted by atomic mass is 10.0. The summed E-state index contributed by atoms with van der Waals surface area (Å²) in [6.45, 7) is 6.48. The lowest BCUT2D eigenvalue weighted by molar-refractivity contribution is 0.597. The van der Waals surface area contributed by atoms with E-state index in [1.54, 1.807) is 0 Å². The first-order valence-electron chi connectivity index (χ1n) is 6.09. The smallest absolute Gasteiger partial charge is 0.143 e. The third-order valence-electron chi connectivity index (χ3n) is 2.80. The average Bonchev–Trinajstić information content (AvgIpc) is 2.31. The predicted molar refractivity (Wildman–Crippen MR) is 67.2 cm³/mol. The van der Waals surface area contributed by atoms with E-state index in [0.717, 1.165) is 43.0 Å². The molecule has 0 aliphatic carbocycles. The molecule has 16 heavy (non-hydrogen) atoms. The molecule has 0 aliphatic rings. The molecule has 0 aromatic carbocycles. The number of nitrogens with zero attached hydrogens (tertiary/aromatic N) is 2. The van der Waals surface area contributed by atoms with Crippen molar-refractivity contribution in [3.05, 3.63) is 17.6 Å². The van der Waals surface area contributed by atoms with Crippen LogP contribution in [0.25, 0.3) is 0 Å². The highest BCUT2D eigenvalue weighted by molar-refractivity contribution is 5.35. The van der Waals surface area contributed by atoms with Gasteiger partial charge in [-0.2, -0.15) is 0 Å². The van der Waals surface area contributed by atoms with E-state index in [0.29, 0.717) is 5.92 Å². The van der Waals surface area contributed by atoms with Gasteiger partial charge in [-0.05, 0) is 19.3 Å². The highest BCUT2D eigenvalue weighted by atomic mass is 15.3. The molecule has 0 amide bonds. The number of nitrogens with two attached hydrogens (primary N) is 1. The molecule has 1 aromatic heterocycles. The summed E-state index contributed by atoms with van der Waals surface area (Å²) in [5.41, 5.74) is 3.69. The third-order valence-corrected chi connectivity index (χ3v) is 2.80. The summed E-state index contributed by atoms with van der Waals surface area (Å²) >= 11 is 0. The van der Waals surface area contributed by atoms with Crippen LogP contribution in [0.3, 0.4) is 0 Å². The van der Waals surface area contributed by atoms with Gasteiger partial charge >= 0.3 is 0 Å². The molecular weight excluding hydrogens is 200 g/mol. The Bertz CT molecular complexity index is 321. The minimum absolute atomic E-state index is 0.434. The van der Waals surface area contributed by atoms with Gasteiger partial charge in [0, 0.05) is 17.7 Å². The number of hydrogen-bond donors (Lipinski definition) is 2. The number of aryl methyl sites for hydroxylation is 1. The first-order valence-corrected chi connectivity index (χ1v) is 6.09. The molecule has 0 saturated carbocycles. The van der Waals surface area contributed by atoms with Crippen molar-refractivity contribution in [1.82, 2.24) is 9.97 Å². The van der Waals surface area contributed by atoms with E-state index >= 15 is 0 Å². The van der Waals surface area contributed by atoms with Gasteiger partial charge in [0.25, 0.3) is 0 Å². The standard InChI is InChI=1S/C12H22N4/c1-4-7-10-8-11(16-13)15-12(14-10)9(5-2)6-3/h8-9H,4-7,13H2,1-3H3,(H,14,15,16). The number of hydrogen-bond acceptors (Lipinski definition) is 4. The second-order valence-corrected chi connectivity index (χ2v) is 4.01. The van der Waals surface area contributed by atoms with E-state index < -0.39 is 0 Å². The van der Waals surface area contributed by atoms with Gasteiger partial charge in [0.05, 0.1) is 0 Å². The van der Waals surface area contributed by atoms with E-state index in [4.69, 9.17) is 5.84 Å². The molecule has 0 bridgehead atoms. The van der Waals surface area contributed by atoms with Gasteiger partial charge in [-0.15, -0.1) is 0 Å². The van der Waals surface area contributed by atoms with Crippen LogP contribution >= 0.6 is 0 Å². The van der Waals surface area contributed by atoms with Crippen molar-refractivity contribution in [3.63, 3.8) is 0 Å². The SMILES string of the molecule is CCCc1cc(NN)nc(C(CC)CC)n1. The highest BCUT2D eigenvalue weighted by Gasteiger charge is 2.12. The molecule has 1 aromatic rings. The van der Waals surface area contributed by atoms with Crippen molar-refractivity contribution in [2.24, 2.45) is 5.84 Å². The van der Waals surface area contributed by atoms with Gasteiger partial charge in [0.1, 0.15) is 11.6 Å². The Balaban J connectivity index is 3.02. The molecular formula is C12H22N4. The van der Waals surface area contributed by atoms with Gasteiger partial charge in [-0.1, -0.05) is 27.2 Å².